The predicted molar refractivity (Wildman–Crippen MR) is 66.5 cm³/mol. The minimum absolute atomic E-state index is 0.0943. The molecular formula is C15H16O3. The molecule has 0 saturated carbocycles. The average molecular weight is 244 g/mol. The van der Waals surface area contributed by atoms with Gasteiger partial charge in [0.05, 0.1) is 0 Å². The number of rotatable bonds is 0. The highest BCUT2D eigenvalue weighted by atomic mass is 16.5. The highest BCUT2D eigenvalue weighted by Gasteiger charge is 2.45. The zero-order valence-corrected chi connectivity index (χ0v) is 10.9. The van der Waals surface area contributed by atoms with E-state index in [4.69, 9.17) is 4.74 Å². The van der Waals surface area contributed by atoms with Crippen LogP contribution in [0.1, 0.15) is 33.6 Å². The summed E-state index contributed by atoms with van der Waals surface area (Å²) in [6.45, 7) is 5.82. The van der Waals surface area contributed by atoms with E-state index in [0.717, 1.165) is 24.0 Å². The number of hydrogen-bond donors (Lipinski definition) is 0. The molecule has 2 aliphatic carbocycles. The van der Waals surface area contributed by atoms with Crippen molar-refractivity contribution < 1.29 is 14.3 Å². The summed E-state index contributed by atoms with van der Waals surface area (Å²) in [7, 11) is 0. The van der Waals surface area contributed by atoms with Crippen LogP contribution in [0.4, 0.5) is 0 Å². The molecular weight excluding hydrogens is 228 g/mol. The molecule has 1 aliphatic heterocycles. The van der Waals surface area contributed by atoms with Crippen LogP contribution >= 0.6 is 0 Å². The Morgan fingerprint density at radius 1 is 1.39 bits per heavy atom. The lowest BCUT2D eigenvalue weighted by atomic mass is 9.64. The Kier molecular flexibility index (Phi) is 2.19. The van der Waals surface area contributed by atoms with Gasteiger partial charge in [-0.05, 0) is 31.4 Å². The second kappa shape index (κ2) is 3.44. The summed E-state index contributed by atoms with van der Waals surface area (Å²) in [6, 6.07) is 0. The van der Waals surface area contributed by atoms with Crippen molar-refractivity contribution in [3.8, 4) is 0 Å². The number of ketones is 1. The van der Waals surface area contributed by atoms with Crippen molar-refractivity contribution in [3.05, 3.63) is 34.6 Å². The molecule has 0 spiro atoms. The SMILES string of the molecule is CC1=C2CC[C@@]3(C)C=CC(=O)[C@H](C)C3=C2OC1=O. The summed E-state index contributed by atoms with van der Waals surface area (Å²) in [4.78, 5) is 23.6. The molecule has 0 saturated heterocycles. The van der Waals surface area contributed by atoms with Crippen LogP contribution < -0.4 is 0 Å². The third kappa shape index (κ3) is 1.30. The Morgan fingerprint density at radius 2 is 2.11 bits per heavy atom. The van der Waals surface area contributed by atoms with Crippen LogP contribution in [0, 0.1) is 11.3 Å². The van der Waals surface area contributed by atoms with Crippen LogP contribution in [0.25, 0.3) is 0 Å². The van der Waals surface area contributed by atoms with Gasteiger partial charge in [0.25, 0.3) is 0 Å². The zero-order chi connectivity index (χ0) is 13.1. The molecule has 0 aromatic heterocycles. The van der Waals surface area contributed by atoms with Crippen molar-refractivity contribution >= 4 is 11.8 Å². The molecule has 18 heavy (non-hydrogen) atoms. The van der Waals surface area contributed by atoms with E-state index < -0.39 is 0 Å². The molecule has 0 N–H and O–H groups in total. The fourth-order valence-corrected chi connectivity index (χ4v) is 3.24. The fourth-order valence-electron chi connectivity index (χ4n) is 3.24. The van der Waals surface area contributed by atoms with Gasteiger partial charge in [0.15, 0.2) is 5.78 Å². The second-order valence-corrected chi connectivity index (χ2v) is 5.61. The lowest BCUT2D eigenvalue weighted by molar-refractivity contribution is -0.133. The van der Waals surface area contributed by atoms with Gasteiger partial charge >= 0.3 is 5.97 Å². The smallest absolute Gasteiger partial charge is 0.339 e. The number of carbonyl (C=O) groups is 2. The lowest BCUT2D eigenvalue weighted by Gasteiger charge is -2.39. The van der Waals surface area contributed by atoms with E-state index in [2.05, 4.69) is 6.92 Å². The summed E-state index contributed by atoms with van der Waals surface area (Å²) in [5.41, 5.74) is 2.55. The molecule has 3 aliphatic rings. The molecule has 0 radical (unpaired) electrons. The maximum absolute atomic E-state index is 11.9. The topological polar surface area (TPSA) is 43.4 Å². The van der Waals surface area contributed by atoms with Gasteiger partial charge < -0.3 is 4.74 Å². The minimum atomic E-state index is -0.258. The molecule has 0 aromatic rings. The van der Waals surface area contributed by atoms with E-state index in [1.54, 1.807) is 13.0 Å². The van der Waals surface area contributed by atoms with Crippen molar-refractivity contribution in [2.24, 2.45) is 11.3 Å². The summed E-state index contributed by atoms with van der Waals surface area (Å²) in [5, 5.41) is 0. The fraction of sp³-hybridized carbons (Fsp3) is 0.467. The van der Waals surface area contributed by atoms with Gasteiger partial charge in [-0.1, -0.05) is 19.9 Å². The van der Waals surface area contributed by atoms with E-state index in [0.29, 0.717) is 11.3 Å². The monoisotopic (exact) mass is 244 g/mol. The van der Waals surface area contributed by atoms with E-state index in [9.17, 15) is 9.59 Å². The third-order valence-corrected chi connectivity index (χ3v) is 4.46. The Morgan fingerprint density at radius 3 is 2.83 bits per heavy atom. The summed E-state index contributed by atoms with van der Waals surface area (Å²) < 4.78 is 5.41. The Balaban J connectivity index is 2.26. The van der Waals surface area contributed by atoms with Crippen LogP contribution in [0.5, 0.6) is 0 Å². The first kappa shape index (κ1) is 11.5. The minimum Gasteiger partial charge on any atom is -0.423 e. The molecule has 0 unspecified atom stereocenters. The van der Waals surface area contributed by atoms with Gasteiger partial charge in [-0.15, -0.1) is 0 Å². The van der Waals surface area contributed by atoms with E-state index in [1.165, 1.54) is 0 Å². The molecule has 2 atom stereocenters. The third-order valence-electron chi connectivity index (χ3n) is 4.46. The van der Waals surface area contributed by atoms with Gasteiger partial charge in [0.1, 0.15) is 5.76 Å². The number of allylic oxidation sites excluding steroid dienone is 4. The van der Waals surface area contributed by atoms with E-state index in [-0.39, 0.29) is 23.1 Å². The van der Waals surface area contributed by atoms with Crippen molar-refractivity contribution in [2.75, 3.05) is 0 Å². The zero-order valence-electron chi connectivity index (χ0n) is 10.9. The van der Waals surface area contributed by atoms with Gasteiger partial charge in [0, 0.05) is 22.5 Å². The first-order chi connectivity index (χ1) is 8.44. The molecule has 3 heteroatoms. The van der Waals surface area contributed by atoms with Gasteiger partial charge in [0.2, 0.25) is 0 Å². The summed E-state index contributed by atoms with van der Waals surface area (Å²) in [6.07, 6.45) is 5.42. The van der Waals surface area contributed by atoms with Crippen LogP contribution in [-0.4, -0.2) is 11.8 Å². The molecule has 0 amide bonds. The molecule has 94 valence electrons. The van der Waals surface area contributed by atoms with Crippen LogP contribution in [-0.2, 0) is 14.3 Å². The Hall–Kier alpha value is -1.64. The lowest BCUT2D eigenvalue weighted by Crippen LogP contribution is -2.33. The van der Waals surface area contributed by atoms with Gasteiger partial charge in [-0.25, -0.2) is 4.79 Å². The first-order valence-electron chi connectivity index (χ1n) is 6.34. The van der Waals surface area contributed by atoms with Gasteiger partial charge in [-0.3, -0.25) is 4.79 Å². The second-order valence-electron chi connectivity index (χ2n) is 5.61. The molecule has 0 fully saturated rings. The summed E-state index contributed by atoms with van der Waals surface area (Å²) in [5.74, 6) is 0.322. The van der Waals surface area contributed by atoms with Crippen LogP contribution in [0.3, 0.4) is 0 Å². The first-order valence-corrected chi connectivity index (χ1v) is 6.34. The van der Waals surface area contributed by atoms with Crippen molar-refractivity contribution in [1.82, 2.24) is 0 Å². The normalized spacial score (nSPS) is 34.7. The van der Waals surface area contributed by atoms with E-state index >= 15 is 0 Å². The van der Waals surface area contributed by atoms with Crippen LogP contribution in [0.2, 0.25) is 0 Å². The molecule has 0 aromatic carbocycles. The number of esters is 1. The molecule has 3 nitrogen and oxygen atoms in total. The average Bonchev–Trinajstić information content (AvgIpc) is 2.60. The van der Waals surface area contributed by atoms with Gasteiger partial charge in [-0.2, -0.15) is 0 Å². The number of ether oxygens (including phenoxy) is 1. The van der Waals surface area contributed by atoms with E-state index in [1.807, 2.05) is 13.0 Å². The predicted octanol–water partition coefficient (Wildman–Crippen LogP) is 2.69. The highest BCUT2D eigenvalue weighted by Crippen LogP contribution is 2.52. The number of hydrogen-bond acceptors (Lipinski definition) is 3. The largest absolute Gasteiger partial charge is 0.423 e. The maximum Gasteiger partial charge on any atom is 0.339 e. The highest BCUT2D eigenvalue weighted by molar-refractivity contribution is 5.98. The number of fused-ring (bicyclic) bond motifs is 2. The molecule has 3 rings (SSSR count). The standard InChI is InChI=1S/C15H16O3/c1-8-10-4-6-15(3)7-5-11(16)9(2)12(15)13(10)18-14(8)17/h5,7,9H,4,6H2,1-3H3/t9-,15-/m0/s1. The molecule has 1 heterocycles. The Labute approximate surface area is 106 Å². The quantitative estimate of drug-likeness (QED) is 0.615. The van der Waals surface area contributed by atoms with Crippen molar-refractivity contribution in [2.45, 2.75) is 33.6 Å². The molecule has 0 bridgehead atoms. The van der Waals surface area contributed by atoms with Crippen LogP contribution in [0.15, 0.2) is 34.6 Å². The maximum atomic E-state index is 11.9. The van der Waals surface area contributed by atoms with Crippen molar-refractivity contribution in [3.63, 3.8) is 0 Å². The number of carbonyl (C=O) groups excluding carboxylic acids is 2. The van der Waals surface area contributed by atoms with Crippen molar-refractivity contribution in [1.29, 1.82) is 0 Å². The summed E-state index contributed by atoms with van der Waals surface area (Å²) >= 11 is 0. The Bertz CT molecular complexity index is 562.